The second-order valence-corrected chi connectivity index (χ2v) is 12.7. The number of nitrogens with zero attached hydrogens (tertiary/aromatic N) is 3. The monoisotopic (exact) mass is 701 g/mol. The highest BCUT2D eigenvalue weighted by atomic mass is 32.2. The van der Waals surface area contributed by atoms with Crippen LogP contribution >= 0.6 is 23.1 Å². The highest BCUT2D eigenvalue weighted by Gasteiger charge is 2.53. The van der Waals surface area contributed by atoms with Crippen LogP contribution in [0.2, 0.25) is 0 Å². The zero-order valence-corrected chi connectivity index (χ0v) is 26.8. The lowest BCUT2D eigenvalue weighted by molar-refractivity contribution is -0.162. The largest absolute Gasteiger partial charge is 0.504 e. The second kappa shape index (κ2) is 14.1. The molecule has 3 heterocycles. The van der Waals surface area contributed by atoms with E-state index in [1.807, 2.05) is 12.1 Å². The number of rotatable bonds is 11. The number of aliphatic carboxylic acids is 1. The summed E-state index contributed by atoms with van der Waals surface area (Å²) >= 11 is 2.27. The highest BCUT2D eigenvalue weighted by molar-refractivity contribution is 8.00. The number of carbonyl (C=O) groups is 4. The number of aromatic nitrogens is 1. The van der Waals surface area contributed by atoms with E-state index in [-0.39, 0.29) is 22.1 Å². The summed E-state index contributed by atoms with van der Waals surface area (Å²) in [6, 6.07) is 20.4. The topological polar surface area (TPSA) is 214 Å². The van der Waals surface area contributed by atoms with Crippen LogP contribution < -0.4 is 11.1 Å². The second-order valence-electron chi connectivity index (χ2n) is 10.7. The number of β-lactam (4-membered cyclic amide) rings is 1. The van der Waals surface area contributed by atoms with Gasteiger partial charge in [0.2, 0.25) is 6.10 Å². The Morgan fingerprint density at radius 1 is 0.980 bits per heavy atom. The van der Waals surface area contributed by atoms with Crippen LogP contribution in [0, 0.1) is 0 Å². The van der Waals surface area contributed by atoms with Crippen LogP contribution in [0.3, 0.4) is 0 Å². The maximum Gasteiger partial charge on any atom is 0.355 e. The van der Waals surface area contributed by atoms with Gasteiger partial charge in [-0.25, -0.2) is 14.6 Å². The zero-order valence-electron chi connectivity index (χ0n) is 25.2. The average Bonchev–Trinajstić information content (AvgIpc) is 3.54. The predicted octanol–water partition coefficient (Wildman–Crippen LogP) is 3.30. The zero-order chi connectivity index (χ0) is 34.7. The number of thiazole rings is 1. The van der Waals surface area contributed by atoms with E-state index in [4.69, 9.17) is 15.3 Å². The Labute approximate surface area is 286 Å². The number of fused-ring (bicyclic) bond motifs is 1. The Morgan fingerprint density at radius 3 is 2.24 bits per heavy atom. The van der Waals surface area contributed by atoms with Gasteiger partial charge in [-0.15, -0.1) is 23.1 Å². The van der Waals surface area contributed by atoms with Crippen LogP contribution in [-0.2, 0) is 28.8 Å². The first-order chi connectivity index (χ1) is 23.6. The number of carbonyl (C=O) groups excluding carboxylic acids is 3. The van der Waals surface area contributed by atoms with Gasteiger partial charge in [-0.3, -0.25) is 14.5 Å². The molecule has 1 fully saturated rings. The first-order valence-corrected chi connectivity index (χ1v) is 16.5. The molecule has 3 atom stereocenters. The third kappa shape index (κ3) is 6.90. The Hall–Kier alpha value is -5.87. The van der Waals surface area contributed by atoms with Crippen LogP contribution in [0.4, 0.5) is 5.13 Å². The predicted molar refractivity (Wildman–Crippen MR) is 178 cm³/mol. The van der Waals surface area contributed by atoms with E-state index in [2.05, 4.69) is 15.5 Å². The van der Waals surface area contributed by atoms with Gasteiger partial charge in [0.05, 0.1) is 0 Å². The number of carboxylic acids is 1. The fraction of sp³-hybridized carbons (Fsp3) is 0.152. The lowest BCUT2D eigenvalue weighted by Gasteiger charge is -2.48. The summed E-state index contributed by atoms with van der Waals surface area (Å²) in [5, 5.41) is 37.1. The van der Waals surface area contributed by atoms with Gasteiger partial charge in [-0.05, 0) is 29.3 Å². The van der Waals surface area contributed by atoms with E-state index in [9.17, 15) is 34.5 Å². The number of thioether (sulfide) groups is 1. The molecule has 0 unspecified atom stereocenters. The number of hydrogen-bond donors (Lipinski definition) is 5. The molecule has 1 saturated heterocycles. The molecule has 16 heteroatoms. The third-order valence-corrected chi connectivity index (χ3v) is 9.39. The summed E-state index contributed by atoms with van der Waals surface area (Å²) in [4.78, 5) is 63.1. The smallest absolute Gasteiger partial charge is 0.355 e. The van der Waals surface area contributed by atoms with Crippen LogP contribution in [0.5, 0.6) is 11.5 Å². The van der Waals surface area contributed by atoms with Gasteiger partial charge in [0.1, 0.15) is 22.8 Å². The average molecular weight is 702 g/mol. The molecule has 6 N–H and O–H groups in total. The Balaban J connectivity index is 1.32. The molecule has 4 aromatic rings. The third-order valence-electron chi connectivity index (χ3n) is 7.54. The Bertz CT molecular complexity index is 1930. The number of aromatic hydroxyl groups is 2. The lowest BCUT2D eigenvalue weighted by Crippen LogP contribution is -2.70. The van der Waals surface area contributed by atoms with Crippen molar-refractivity contribution >= 4 is 57.7 Å². The van der Waals surface area contributed by atoms with Crippen LogP contribution in [0.1, 0.15) is 34.6 Å². The van der Waals surface area contributed by atoms with Crippen molar-refractivity contribution in [2.75, 3.05) is 11.5 Å². The quantitative estimate of drug-likeness (QED) is 0.0501. The van der Waals surface area contributed by atoms with Gasteiger partial charge >= 0.3 is 11.9 Å². The molecule has 49 heavy (non-hydrogen) atoms. The van der Waals surface area contributed by atoms with Crippen molar-refractivity contribution in [3.8, 4) is 11.5 Å². The van der Waals surface area contributed by atoms with Crippen molar-refractivity contribution in [3.63, 3.8) is 0 Å². The summed E-state index contributed by atoms with van der Waals surface area (Å²) in [6.07, 6.45) is -1.15. The number of hydrogen-bond acceptors (Lipinski definition) is 13. The number of oxime groups is 1. The van der Waals surface area contributed by atoms with Crippen molar-refractivity contribution in [3.05, 3.63) is 118 Å². The summed E-state index contributed by atoms with van der Waals surface area (Å²) in [5.41, 5.74) is 6.50. The number of benzene rings is 3. The minimum atomic E-state index is -1.68. The molecule has 3 aromatic carbocycles. The van der Waals surface area contributed by atoms with E-state index >= 15 is 0 Å². The molecule has 0 spiro atoms. The minimum absolute atomic E-state index is 0.0258. The molecule has 14 nitrogen and oxygen atoms in total. The molecular weight excluding hydrogens is 675 g/mol. The molecule has 0 bridgehead atoms. The maximum absolute atomic E-state index is 13.9. The standard InChI is InChI=1S/C33H27N5O9S2/c34-33-35-20(16-49-33)24(28(41)36-25-29(42)38-21(31(43)44)13-14-48-30(25)38)37-47-27(19-11-12-22(39)23(40)15-19)32(45)46-26(17-7-3-1-4-8-17)18-9-5-2-6-10-18/h1-13,15-16,25-27,30,39-40H,14H2,(H2,34,35)(H,36,41)(H,43,44)/b37-24-/t25-,27+,30-/m1/s1. The van der Waals surface area contributed by atoms with E-state index < -0.39 is 64.6 Å². The summed E-state index contributed by atoms with van der Waals surface area (Å²) in [5.74, 6) is -4.47. The number of nitrogen functional groups attached to an aromatic ring is 1. The van der Waals surface area contributed by atoms with E-state index in [0.29, 0.717) is 16.9 Å². The fourth-order valence-electron chi connectivity index (χ4n) is 5.16. The van der Waals surface area contributed by atoms with Gasteiger partial charge < -0.3 is 35.9 Å². The van der Waals surface area contributed by atoms with Crippen molar-refractivity contribution in [1.82, 2.24) is 15.2 Å². The number of nitrogens with one attached hydrogen (secondary N) is 1. The van der Waals surface area contributed by atoms with Gasteiger partial charge in [-0.2, -0.15) is 0 Å². The van der Waals surface area contributed by atoms with E-state index in [1.54, 1.807) is 48.5 Å². The van der Waals surface area contributed by atoms with Crippen LogP contribution in [0.15, 0.2) is 101 Å². The first-order valence-electron chi connectivity index (χ1n) is 14.6. The SMILES string of the molecule is Nc1nc(/C(=N/O[C@H](C(=O)OC(c2ccccc2)c2ccccc2)c2ccc(O)c(O)c2)C(=O)N[C@@H]2C(=O)N3C(C(=O)O)=CCS[C@H]23)cs1. The van der Waals surface area contributed by atoms with Crippen molar-refractivity contribution in [2.24, 2.45) is 5.16 Å². The number of ether oxygens (including phenoxy) is 1. The first kappa shape index (κ1) is 33.0. The molecule has 6 rings (SSSR count). The summed E-state index contributed by atoms with van der Waals surface area (Å²) in [7, 11) is 0. The molecule has 2 aliphatic heterocycles. The van der Waals surface area contributed by atoms with E-state index in [1.165, 1.54) is 29.3 Å². The van der Waals surface area contributed by atoms with Crippen molar-refractivity contribution in [1.29, 1.82) is 0 Å². The normalized spacial score (nSPS) is 17.7. The van der Waals surface area contributed by atoms with Crippen LogP contribution in [-0.4, -0.2) is 71.8 Å². The Kier molecular flexibility index (Phi) is 9.50. The number of amides is 2. The van der Waals surface area contributed by atoms with Gasteiger partial charge in [0.25, 0.3) is 11.8 Å². The molecule has 0 aliphatic carbocycles. The lowest BCUT2D eigenvalue weighted by atomic mass is 10.0. The van der Waals surface area contributed by atoms with Gasteiger partial charge in [-0.1, -0.05) is 71.9 Å². The maximum atomic E-state index is 13.9. The number of nitrogens with two attached hydrogens (primary N) is 1. The van der Waals surface area contributed by atoms with Crippen molar-refractivity contribution < 1.29 is 44.1 Å². The van der Waals surface area contributed by atoms with Crippen molar-refractivity contribution in [2.45, 2.75) is 23.6 Å². The molecule has 0 radical (unpaired) electrons. The van der Waals surface area contributed by atoms with E-state index in [0.717, 1.165) is 28.4 Å². The molecule has 1 aromatic heterocycles. The molecule has 0 saturated carbocycles. The summed E-state index contributed by atoms with van der Waals surface area (Å²) in [6.45, 7) is 0. The van der Waals surface area contributed by atoms with Gasteiger partial charge in [0.15, 0.2) is 28.4 Å². The minimum Gasteiger partial charge on any atom is -0.504 e. The number of phenols is 2. The number of carboxylic acid groups (broad SMARTS) is 1. The molecular formula is C33H27N5O9S2. The number of phenolic OH excluding ortho intramolecular Hbond substituents is 2. The fourth-order valence-corrected chi connectivity index (χ4v) is 6.90. The Morgan fingerprint density at radius 2 is 1.65 bits per heavy atom. The van der Waals surface area contributed by atoms with Gasteiger partial charge in [0, 0.05) is 16.7 Å². The number of esters is 1. The molecule has 2 aliphatic rings. The molecule has 2 amide bonds. The van der Waals surface area contributed by atoms with Crippen LogP contribution in [0.25, 0.3) is 0 Å². The summed E-state index contributed by atoms with van der Waals surface area (Å²) < 4.78 is 5.99. The highest BCUT2D eigenvalue weighted by Crippen LogP contribution is 2.38. The number of anilines is 1. The molecule has 250 valence electrons.